The van der Waals surface area contributed by atoms with Crippen molar-refractivity contribution in [2.24, 2.45) is 0 Å². The highest BCUT2D eigenvalue weighted by atomic mass is 35.5. The lowest BCUT2D eigenvalue weighted by molar-refractivity contribution is 0.0163. The average Bonchev–Trinajstić information content (AvgIpc) is 2.72. The maximum absolute atomic E-state index is 11.0. The lowest BCUT2D eigenvalue weighted by Gasteiger charge is -2.38. The van der Waals surface area contributed by atoms with Gasteiger partial charge in [0.15, 0.2) is 0 Å². The lowest BCUT2D eigenvalue weighted by Crippen LogP contribution is -2.41. The number of thioether (sulfide) groups is 1. The van der Waals surface area contributed by atoms with Gasteiger partial charge < -0.3 is 10.0 Å². The van der Waals surface area contributed by atoms with Crippen molar-refractivity contribution in [1.82, 2.24) is 14.7 Å². The Balaban J connectivity index is 2.29. The minimum absolute atomic E-state index is 0.147. The number of aliphatic hydroxyl groups is 1. The normalized spacial score (nSPS) is 28.0. The van der Waals surface area contributed by atoms with Crippen molar-refractivity contribution in [1.29, 1.82) is 0 Å². The zero-order valence-electron chi connectivity index (χ0n) is 11.8. The summed E-state index contributed by atoms with van der Waals surface area (Å²) in [5.74, 6) is 1.10. The minimum atomic E-state index is -0.858. The molecule has 1 saturated heterocycles. The molecule has 2 atom stereocenters. The average molecular weight is 304 g/mol. The molecule has 4 nitrogen and oxygen atoms in total. The van der Waals surface area contributed by atoms with Gasteiger partial charge in [-0.3, -0.25) is 4.68 Å². The van der Waals surface area contributed by atoms with Crippen LogP contribution in [0.2, 0.25) is 5.02 Å². The first-order valence-corrected chi connectivity index (χ1v) is 8.08. The van der Waals surface area contributed by atoms with Crippen LogP contribution in [-0.4, -0.2) is 51.4 Å². The Morgan fingerprint density at radius 2 is 2.37 bits per heavy atom. The van der Waals surface area contributed by atoms with Gasteiger partial charge in [0.2, 0.25) is 0 Å². The van der Waals surface area contributed by atoms with Gasteiger partial charge in [-0.25, -0.2) is 0 Å². The fraction of sp³-hybridized carbons (Fsp3) is 0.769. The quantitative estimate of drug-likeness (QED) is 0.926. The second-order valence-corrected chi connectivity index (χ2v) is 7.26. The van der Waals surface area contributed by atoms with E-state index in [9.17, 15) is 5.11 Å². The molecule has 0 saturated carbocycles. The summed E-state index contributed by atoms with van der Waals surface area (Å²) in [6.45, 7) is 3.70. The van der Waals surface area contributed by atoms with E-state index in [0.717, 1.165) is 37.4 Å². The van der Waals surface area contributed by atoms with Gasteiger partial charge in [0.25, 0.3) is 0 Å². The van der Waals surface area contributed by atoms with Gasteiger partial charge in [-0.2, -0.15) is 16.9 Å². The molecular formula is C13H22ClN3OS. The van der Waals surface area contributed by atoms with E-state index in [1.54, 1.807) is 18.0 Å². The van der Waals surface area contributed by atoms with Crippen LogP contribution in [0.5, 0.6) is 0 Å². The van der Waals surface area contributed by atoms with Crippen molar-refractivity contribution < 1.29 is 5.11 Å². The second kappa shape index (κ2) is 6.04. The Bertz CT molecular complexity index is 438. The summed E-state index contributed by atoms with van der Waals surface area (Å²) in [6.07, 6.45) is 3.42. The Morgan fingerprint density at radius 1 is 1.63 bits per heavy atom. The van der Waals surface area contributed by atoms with E-state index in [4.69, 9.17) is 11.6 Å². The summed E-state index contributed by atoms with van der Waals surface area (Å²) in [7, 11) is 4.05. The fourth-order valence-electron chi connectivity index (χ4n) is 2.51. The first kappa shape index (κ1) is 15.2. The van der Waals surface area contributed by atoms with Gasteiger partial charge in [0.05, 0.1) is 23.5 Å². The van der Waals surface area contributed by atoms with Crippen LogP contribution in [0, 0.1) is 0 Å². The Hall–Kier alpha value is -0.230. The molecular weight excluding hydrogens is 282 g/mol. The molecule has 1 aromatic rings. The van der Waals surface area contributed by atoms with Crippen LogP contribution in [0.3, 0.4) is 0 Å². The number of hydrogen-bond donors (Lipinski definition) is 1. The number of halogens is 1. The maximum atomic E-state index is 11.0. The highest BCUT2D eigenvalue weighted by molar-refractivity contribution is 8.00. The number of rotatable bonds is 4. The van der Waals surface area contributed by atoms with Crippen molar-refractivity contribution in [3.8, 4) is 0 Å². The van der Waals surface area contributed by atoms with E-state index < -0.39 is 5.60 Å². The van der Waals surface area contributed by atoms with Crippen molar-refractivity contribution in [2.45, 2.75) is 37.2 Å². The highest BCUT2D eigenvalue weighted by Crippen LogP contribution is 2.43. The Kier molecular flexibility index (Phi) is 4.82. The molecule has 19 heavy (non-hydrogen) atoms. The van der Waals surface area contributed by atoms with E-state index in [0.29, 0.717) is 5.02 Å². The third-order valence-electron chi connectivity index (χ3n) is 3.71. The molecule has 1 aliphatic rings. The summed E-state index contributed by atoms with van der Waals surface area (Å²) >= 11 is 8.09. The highest BCUT2D eigenvalue weighted by Gasteiger charge is 2.42. The van der Waals surface area contributed by atoms with E-state index in [-0.39, 0.29) is 5.25 Å². The van der Waals surface area contributed by atoms with E-state index >= 15 is 0 Å². The van der Waals surface area contributed by atoms with Crippen molar-refractivity contribution >= 4 is 23.4 Å². The Morgan fingerprint density at radius 3 is 3.00 bits per heavy atom. The maximum Gasteiger partial charge on any atom is 0.119 e. The number of nitrogens with zero attached hydrogens (tertiary/aromatic N) is 3. The second-order valence-electron chi connectivity index (χ2n) is 5.41. The van der Waals surface area contributed by atoms with Crippen LogP contribution in [-0.2, 0) is 12.1 Å². The van der Waals surface area contributed by atoms with Gasteiger partial charge >= 0.3 is 0 Å². The molecule has 0 amide bonds. The molecule has 1 N–H and O–H groups in total. The van der Waals surface area contributed by atoms with Crippen LogP contribution >= 0.6 is 23.4 Å². The molecule has 2 heterocycles. The summed E-state index contributed by atoms with van der Waals surface area (Å²) < 4.78 is 1.87. The molecule has 0 radical (unpaired) electrons. The van der Waals surface area contributed by atoms with Crippen molar-refractivity contribution in [3.05, 3.63) is 16.9 Å². The zero-order chi connectivity index (χ0) is 14.0. The smallest absolute Gasteiger partial charge is 0.119 e. The summed E-state index contributed by atoms with van der Waals surface area (Å²) in [6, 6.07) is 0. The van der Waals surface area contributed by atoms with Gasteiger partial charge in [-0.05, 0) is 32.7 Å². The third kappa shape index (κ3) is 3.10. The lowest BCUT2D eigenvalue weighted by atomic mass is 9.90. The topological polar surface area (TPSA) is 41.3 Å². The molecule has 0 spiro atoms. The van der Waals surface area contributed by atoms with Crippen molar-refractivity contribution in [2.75, 3.05) is 26.4 Å². The monoisotopic (exact) mass is 303 g/mol. The van der Waals surface area contributed by atoms with Gasteiger partial charge in [0, 0.05) is 11.8 Å². The van der Waals surface area contributed by atoms with Crippen LogP contribution in [0.1, 0.15) is 25.5 Å². The van der Waals surface area contributed by atoms with Gasteiger partial charge in [-0.1, -0.05) is 18.5 Å². The SMILES string of the molecule is CC1SCCCC1(O)c1c(Cl)cnn1CCN(C)C. The fourth-order valence-corrected chi connectivity index (χ4v) is 3.99. The summed E-state index contributed by atoms with van der Waals surface area (Å²) in [5.41, 5.74) is -0.0706. The molecule has 0 aromatic carbocycles. The first-order chi connectivity index (χ1) is 8.95. The predicted molar refractivity (Wildman–Crippen MR) is 80.8 cm³/mol. The molecule has 0 aliphatic carbocycles. The predicted octanol–water partition coefficient (Wildman–Crippen LogP) is 2.20. The summed E-state index contributed by atoms with van der Waals surface area (Å²) in [4.78, 5) is 2.10. The summed E-state index contributed by atoms with van der Waals surface area (Å²) in [5, 5.41) is 16.1. The van der Waals surface area contributed by atoms with Gasteiger partial charge in [-0.15, -0.1) is 0 Å². The molecule has 2 unspecified atom stereocenters. The molecule has 1 aliphatic heterocycles. The minimum Gasteiger partial charge on any atom is -0.382 e. The molecule has 2 rings (SSSR count). The van der Waals surface area contributed by atoms with Crippen LogP contribution in [0.4, 0.5) is 0 Å². The third-order valence-corrected chi connectivity index (χ3v) is 5.40. The molecule has 6 heteroatoms. The zero-order valence-corrected chi connectivity index (χ0v) is 13.3. The molecule has 108 valence electrons. The van der Waals surface area contributed by atoms with Crippen LogP contribution in [0.15, 0.2) is 6.20 Å². The van der Waals surface area contributed by atoms with Crippen molar-refractivity contribution in [3.63, 3.8) is 0 Å². The standard InChI is InChI=1S/C13H22ClN3OS/c1-10-13(18,5-4-8-19-10)12-11(14)9-15-17(12)7-6-16(2)3/h9-10,18H,4-8H2,1-3H3. The molecule has 0 bridgehead atoms. The largest absolute Gasteiger partial charge is 0.382 e. The number of hydrogen-bond acceptors (Lipinski definition) is 4. The Labute approximate surface area is 124 Å². The first-order valence-electron chi connectivity index (χ1n) is 6.65. The number of likely N-dealkylation sites (N-methyl/N-ethyl adjacent to an activating group) is 1. The number of aromatic nitrogens is 2. The van der Waals surface area contributed by atoms with Crippen LogP contribution in [0.25, 0.3) is 0 Å². The van der Waals surface area contributed by atoms with E-state index in [1.165, 1.54) is 0 Å². The van der Waals surface area contributed by atoms with E-state index in [2.05, 4.69) is 16.9 Å². The van der Waals surface area contributed by atoms with E-state index in [1.807, 2.05) is 18.8 Å². The molecule has 1 aromatic heterocycles. The van der Waals surface area contributed by atoms with Crippen LogP contribution < -0.4 is 0 Å². The molecule has 1 fully saturated rings. The van der Waals surface area contributed by atoms with Gasteiger partial charge in [0.1, 0.15) is 5.60 Å².